The molecule has 7 nitrogen and oxygen atoms in total. The number of carbonyl (C=O) groups excluding carboxylic acids is 2. The molecule has 1 amide bonds. The third-order valence-corrected chi connectivity index (χ3v) is 5.34. The Morgan fingerprint density at radius 1 is 1.11 bits per heavy atom. The van der Waals surface area contributed by atoms with Gasteiger partial charge < -0.3 is 14.8 Å². The Hall–Kier alpha value is -2.65. The maximum Gasteiger partial charge on any atom is 0.238 e. The van der Waals surface area contributed by atoms with Gasteiger partial charge in [0.05, 0.1) is 0 Å². The maximum absolute atomic E-state index is 12.2. The summed E-state index contributed by atoms with van der Waals surface area (Å²) in [5.74, 6) is 1.09. The molecule has 0 radical (unpaired) electrons. The first-order valence-corrected chi connectivity index (χ1v) is 9.96. The van der Waals surface area contributed by atoms with Gasteiger partial charge in [0, 0.05) is 34.7 Å². The molecule has 1 aromatic heterocycles. The molecule has 1 aliphatic rings. The number of Topliss-reactive ketones (excluding diaryl/α,β-unsaturated/α-hetero) is 1. The van der Waals surface area contributed by atoms with Crippen LogP contribution in [0.2, 0.25) is 0 Å². The minimum absolute atomic E-state index is 0.0273. The number of aryl methyl sites for hydroxylation is 2. The number of amides is 1. The number of ketones is 1. The molecule has 0 spiro atoms. The number of thiophene rings is 1. The summed E-state index contributed by atoms with van der Waals surface area (Å²) in [5, 5.41) is 3.27. The van der Waals surface area contributed by atoms with Crippen molar-refractivity contribution in [3.63, 3.8) is 0 Å². The van der Waals surface area contributed by atoms with Gasteiger partial charge in [-0.05, 0) is 49.8 Å². The Balaban J connectivity index is 1.36. The van der Waals surface area contributed by atoms with E-state index in [2.05, 4.69) is 16.2 Å². The van der Waals surface area contributed by atoms with Crippen molar-refractivity contribution in [2.45, 2.75) is 33.2 Å². The van der Waals surface area contributed by atoms with Crippen molar-refractivity contribution in [3.05, 3.63) is 45.1 Å². The van der Waals surface area contributed by atoms with Crippen molar-refractivity contribution in [2.75, 3.05) is 6.79 Å². The zero-order valence-electron chi connectivity index (χ0n) is 15.6. The normalized spacial score (nSPS) is 11.8. The lowest BCUT2D eigenvalue weighted by molar-refractivity contribution is -0.121. The Morgan fingerprint density at radius 3 is 2.64 bits per heavy atom. The lowest BCUT2D eigenvalue weighted by Gasteiger charge is -2.12. The van der Waals surface area contributed by atoms with E-state index in [0.717, 1.165) is 21.1 Å². The van der Waals surface area contributed by atoms with Gasteiger partial charge in [0.15, 0.2) is 22.4 Å². The summed E-state index contributed by atoms with van der Waals surface area (Å²) < 4.78 is 10.6. The molecule has 1 aromatic carbocycles. The molecule has 0 bridgehead atoms. The summed E-state index contributed by atoms with van der Waals surface area (Å²) in [6.07, 6.45) is 0.243. The van der Waals surface area contributed by atoms with Crippen molar-refractivity contribution in [1.82, 2.24) is 16.2 Å². The van der Waals surface area contributed by atoms with E-state index < -0.39 is 0 Å². The standard InChI is InChI=1S/C19H21N3O4S2/c1-11-7-14(12(2)28-11)15(23)4-6-18(24)21-22-19(27)20-9-13-3-5-16-17(8-13)26-10-25-16/h3,5,7-8H,4,6,9-10H2,1-2H3,(H,21,24)(H2,20,22,27). The highest BCUT2D eigenvalue weighted by Gasteiger charge is 2.15. The summed E-state index contributed by atoms with van der Waals surface area (Å²) in [4.78, 5) is 26.2. The summed E-state index contributed by atoms with van der Waals surface area (Å²) in [7, 11) is 0. The van der Waals surface area contributed by atoms with Crippen LogP contribution in [-0.2, 0) is 11.3 Å². The minimum atomic E-state index is -0.301. The molecule has 9 heteroatoms. The molecule has 2 heterocycles. The van der Waals surface area contributed by atoms with Gasteiger partial charge in [-0.1, -0.05) is 6.07 Å². The predicted molar refractivity (Wildman–Crippen MR) is 111 cm³/mol. The van der Waals surface area contributed by atoms with Gasteiger partial charge in [-0.2, -0.15) is 0 Å². The number of hydrogen-bond acceptors (Lipinski definition) is 6. The lowest BCUT2D eigenvalue weighted by atomic mass is 10.1. The summed E-state index contributed by atoms with van der Waals surface area (Å²) in [6.45, 7) is 4.57. The second-order valence-electron chi connectivity index (χ2n) is 6.29. The number of hydrazine groups is 1. The summed E-state index contributed by atoms with van der Waals surface area (Å²) in [6, 6.07) is 7.48. The maximum atomic E-state index is 12.2. The summed E-state index contributed by atoms with van der Waals surface area (Å²) in [5.41, 5.74) is 6.80. The molecule has 1 aliphatic heterocycles. The van der Waals surface area contributed by atoms with E-state index in [9.17, 15) is 9.59 Å². The molecule has 28 heavy (non-hydrogen) atoms. The largest absolute Gasteiger partial charge is 0.454 e. The molecule has 0 aliphatic carbocycles. The molecular weight excluding hydrogens is 398 g/mol. The van der Waals surface area contributed by atoms with Gasteiger partial charge in [-0.3, -0.25) is 20.4 Å². The molecule has 0 atom stereocenters. The van der Waals surface area contributed by atoms with E-state index in [-0.39, 0.29) is 36.4 Å². The van der Waals surface area contributed by atoms with Crippen LogP contribution in [0.4, 0.5) is 0 Å². The van der Waals surface area contributed by atoms with Crippen LogP contribution in [0.3, 0.4) is 0 Å². The Morgan fingerprint density at radius 2 is 1.89 bits per heavy atom. The van der Waals surface area contributed by atoms with Gasteiger partial charge in [0.1, 0.15) is 0 Å². The molecule has 3 N–H and O–H groups in total. The van der Waals surface area contributed by atoms with Crippen molar-refractivity contribution in [1.29, 1.82) is 0 Å². The number of benzene rings is 1. The van der Waals surface area contributed by atoms with E-state index in [1.165, 1.54) is 0 Å². The molecule has 0 fully saturated rings. The Labute approximate surface area is 172 Å². The number of ether oxygens (including phenoxy) is 2. The van der Waals surface area contributed by atoms with Gasteiger partial charge in [0.25, 0.3) is 0 Å². The van der Waals surface area contributed by atoms with Crippen LogP contribution >= 0.6 is 23.6 Å². The second kappa shape index (κ2) is 9.03. The number of fused-ring (bicyclic) bond motifs is 1. The first-order valence-electron chi connectivity index (χ1n) is 8.74. The van der Waals surface area contributed by atoms with E-state index in [1.54, 1.807) is 11.3 Å². The minimum Gasteiger partial charge on any atom is -0.454 e. The van der Waals surface area contributed by atoms with Crippen molar-refractivity contribution in [2.24, 2.45) is 0 Å². The summed E-state index contributed by atoms with van der Waals surface area (Å²) >= 11 is 6.73. The third-order valence-electron chi connectivity index (χ3n) is 4.13. The molecule has 0 saturated carbocycles. The first kappa shape index (κ1) is 20.1. The van der Waals surface area contributed by atoms with Gasteiger partial charge >= 0.3 is 0 Å². The predicted octanol–water partition coefficient (Wildman–Crippen LogP) is 2.75. The number of rotatable bonds is 6. The number of nitrogens with one attached hydrogen (secondary N) is 3. The molecule has 2 aromatic rings. The van der Waals surface area contributed by atoms with Crippen LogP contribution in [-0.4, -0.2) is 23.6 Å². The average molecular weight is 420 g/mol. The fourth-order valence-electron chi connectivity index (χ4n) is 2.74. The van der Waals surface area contributed by atoms with Gasteiger partial charge in [0.2, 0.25) is 12.7 Å². The quantitative estimate of drug-likeness (QED) is 0.377. The highest BCUT2D eigenvalue weighted by Crippen LogP contribution is 2.32. The smallest absolute Gasteiger partial charge is 0.238 e. The van der Waals surface area contributed by atoms with Crippen molar-refractivity contribution >= 4 is 40.4 Å². The average Bonchev–Trinajstić information content (AvgIpc) is 3.27. The van der Waals surface area contributed by atoms with Crippen LogP contribution in [0.5, 0.6) is 11.5 Å². The third kappa shape index (κ3) is 5.20. The van der Waals surface area contributed by atoms with Crippen molar-refractivity contribution in [3.8, 4) is 11.5 Å². The highest BCUT2D eigenvalue weighted by molar-refractivity contribution is 7.80. The molecular formula is C19H21N3O4S2. The fourth-order valence-corrected chi connectivity index (χ4v) is 3.80. The first-order chi connectivity index (χ1) is 13.4. The molecule has 148 valence electrons. The van der Waals surface area contributed by atoms with Crippen molar-refractivity contribution < 1.29 is 19.1 Å². The van der Waals surface area contributed by atoms with Gasteiger partial charge in [-0.15, -0.1) is 11.3 Å². The number of hydrogen-bond donors (Lipinski definition) is 3. The fraction of sp³-hybridized carbons (Fsp3) is 0.316. The van der Waals surface area contributed by atoms with Crippen LogP contribution in [0.15, 0.2) is 24.3 Å². The molecule has 3 rings (SSSR count). The zero-order chi connectivity index (χ0) is 20.1. The van der Waals surface area contributed by atoms with Gasteiger partial charge in [-0.25, -0.2) is 0 Å². The van der Waals surface area contributed by atoms with E-state index in [1.807, 2.05) is 38.1 Å². The van der Waals surface area contributed by atoms with Crippen LogP contribution in [0.25, 0.3) is 0 Å². The Kier molecular flexibility index (Phi) is 6.48. The van der Waals surface area contributed by atoms with Crippen LogP contribution in [0.1, 0.15) is 38.5 Å². The second-order valence-corrected chi connectivity index (χ2v) is 8.16. The van der Waals surface area contributed by atoms with E-state index in [0.29, 0.717) is 17.9 Å². The van der Waals surface area contributed by atoms with Crippen LogP contribution in [0, 0.1) is 13.8 Å². The zero-order valence-corrected chi connectivity index (χ0v) is 17.2. The van der Waals surface area contributed by atoms with E-state index in [4.69, 9.17) is 21.7 Å². The SMILES string of the molecule is Cc1cc(C(=O)CCC(=O)NNC(=S)NCc2ccc3c(c2)OCO3)c(C)s1. The van der Waals surface area contributed by atoms with E-state index >= 15 is 0 Å². The molecule has 0 saturated heterocycles. The van der Waals surface area contributed by atoms with Crippen LogP contribution < -0.4 is 25.6 Å². The highest BCUT2D eigenvalue weighted by atomic mass is 32.1. The molecule has 0 unspecified atom stereocenters. The Bertz CT molecular complexity index is 911. The monoisotopic (exact) mass is 419 g/mol. The number of thiocarbonyl (C=S) groups is 1. The number of carbonyl (C=O) groups is 2. The lowest BCUT2D eigenvalue weighted by Crippen LogP contribution is -2.46. The topological polar surface area (TPSA) is 88.7 Å².